The first-order valence-electron chi connectivity index (χ1n) is 10.0. The van der Waals surface area contributed by atoms with Gasteiger partial charge in [-0.2, -0.15) is 0 Å². The Kier molecular flexibility index (Phi) is 7.33. The second kappa shape index (κ2) is 9.95. The number of benzene rings is 2. The number of sulfonamides is 1. The van der Waals surface area contributed by atoms with E-state index in [0.29, 0.717) is 6.54 Å². The highest BCUT2D eigenvalue weighted by Gasteiger charge is 2.26. The fourth-order valence-corrected chi connectivity index (χ4v) is 5.06. The molecule has 2 aromatic rings. The van der Waals surface area contributed by atoms with Crippen LogP contribution in [0.3, 0.4) is 0 Å². The monoisotopic (exact) mass is 432 g/mol. The molecular formula is C22H28N2O5S. The van der Waals surface area contributed by atoms with Crippen molar-refractivity contribution in [2.45, 2.75) is 49.6 Å². The van der Waals surface area contributed by atoms with Crippen molar-refractivity contribution in [3.8, 4) is 11.5 Å². The van der Waals surface area contributed by atoms with Crippen LogP contribution in [0, 0.1) is 0 Å². The van der Waals surface area contributed by atoms with Crippen LogP contribution in [0.5, 0.6) is 11.5 Å². The molecule has 0 aliphatic heterocycles. The van der Waals surface area contributed by atoms with Crippen LogP contribution >= 0.6 is 0 Å². The molecule has 1 aliphatic carbocycles. The van der Waals surface area contributed by atoms with Crippen LogP contribution < -0.4 is 19.5 Å². The SMILES string of the molecule is COc1ccc(CNC(=O)c2ccc(OC)c(S(=O)(=O)NC3CCCCC3)c2)cc1. The molecule has 162 valence electrons. The molecule has 0 heterocycles. The predicted octanol–water partition coefficient (Wildman–Crippen LogP) is 3.24. The number of methoxy groups -OCH3 is 2. The van der Waals surface area contributed by atoms with Crippen molar-refractivity contribution in [2.24, 2.45) is 0 Å². The standard InChI is InChI=1S/C22H28N2O5S/c1-28-19-11-8-16(9-12-19)15-23-22(25)17-10-13-20(29-2)21(14-17)30(26,27)24-18-6-4-3-5-7-18/h8-14,18,24H,3-7,15H2,1-2H3,(H,23,25). The fourth-order valence-electron chi connectivity index (χ4n) is 3.56. The van der Waals surface area contributed by atoms with E-state index in [0.717, 1.165) is 43.4 Å². The third-order valence-electron chi connectivity index (χ3n) is 5.25. The largest absolute Gasteiger partial charge is 0.497 e. The molecule has 7 nitrogen and oxygen atoms in total. The minimum absolute atomic E-state index is 0.0207. The Morgan fingerprint density at radius 3 is 2.33 bits per heavy atom. The predicted molar refractivity (Wildman–Crippen MR) is 114 cm³/mol. The average molecular weight is 433 g/mol. The van der Waals surface area contributed by atoms with Gasteiger partial charge < -0.3 is 14.8 Å². The summed E-state index contributed by atoms with van der Waals surface area (Å²) in [4.78, 5) is 12.6. The van der Waals surface area contributed by atoms with E-state index >= 15 is 0 Å². The van der Waals surface area contributed by atoms with Gasteiger partial charge in [-0.15, -0.1) is 0 Å². The molecule has 8 heteroatoms. The molecule has 0 radical (unpaired) electrons. The van der Waals surface area contributed by atoms with E-state index in [1.54, 1.807) is 13.2 Å². The van der Waals surface area contributed by atoms with Crippen molar-refractivity contribution in [1.82, 2.24) is 10.0 Å². The van der Waals surface area contributed by atoms with Gasteiger partial charge in [-0.05, 0) is 48.7 Å². The minimum atomic E-state index is -3.80. The summed E-state index contributed by atoms with van der Waals surface area (Å²) in [6.45, 7) is 0.317. The zero-order valence-corrected chi connectivity index (χ0v) is 18.1. The number of hydrogen-bond donors (Lipinski definition) is 2. The summed E-state index contributed by atoms with van der Waals surface area (Å²) in [5, 5.41) is 2.81. The molecule has 0 saturated heterocycles. The van der Waals surface area contributed by atoms with Crippen LogP contribution in [0.1, 0.15) is 48.0 Å². The lowest BCUT2D eigenvalue weighted by Crippen LogP contribution is -2.36. The summed E-state index contributed by atoms with van der Waals surface area (Å²) in [6, 6.07) is 11.7. The Bertz CT molecular complexity index is 968. The Morgan fingerprint density at radius 2 is 1.70 bits per heavy atom. The van der Waals surface area contributed by atoms with Crippen molar-refractivity contribution in [3.63, 3.8) is 0 Å². The number of nitrogens with one attached hydrogen (secondary N) is 2. The van der Waals surface area contributed by atoms with Gasteiger partial charge in [0.25, 0.3) is 5.91 Å². The molecule has 2 N–H and O–H groups in total. The van der Waals surface area contributed by atoms with Crippen LogP contribution in [0.4, 0.5) is 0 Å². The summed E-state index contributed by atoms with van der Waals surface area (Å²) in [5.41, 5.74) is 1.16. The van der Waals surface area contributed by atoms with Crippen LogP contribution in [-0.4, -0.2) is 34.6 Å². The third kappa shape index (κ3) is 5.52. The van der Waals surface area contributed by atoms with Crippen LogP contribution in [0.15, 0.2) is 47.4 Å². The quantitative estimate of drug-likeness (QED) is 0.668. The molecule has 0 aromatic heterocycles. The lowest BCUT2D eigenvalue weighted by Gasteiger charge is -2.23. The van der Waals surface area contributed by atoms with Crippen LogP contribution in [-0.2, 0) is 16.6 Å². The Balaban J connectivity index is 1.74. The first-order chi connectivity index (χ1) is 14.4. The number of hydrogen-bond acceptors (Lipinski definition) is 5. The summed E-state index contributed by atoms with van der Waals surface area (Å²) in [5.74, 6) is 0.591. The lowest BCUT2D eigenvalue weighted by molar-refractivity contribution is 0.0950. The highest BCUT2D eigenvalue weighted by atomic mass is 32.2. The van der Waals surface area contributed by atoms with Gasteiger partial charge in [0, 0.05) is 18.2 Å². The maximum absolute atomic E-state index is 13.0. The first-order valence-corrected chi connectivity index (χ1v) is 11.5. The van der Waals surface area contributed by atoms with E-state index in [2.05, 4.69) is 10.0 Å². The van der Waals surface area contributed by atoms with Crippen molar-refractivity contribution in [1.29, 1.82) is 0 Å². The summed E-state index contributed by atoms with van der Waals surface area (Å²) >= 11 is 0. The second-order valence-corrected chi connectivity index (χ2v) is 9.04. The topological polar surface area (TPSA) is 93.7 Å². The number of ether oxygens (including phenoxy) is 2. The first kappa shape index (κ1) is 22.1. The molecule has 0 spiro atoms. The number of carbonyl (C=O) groups excluding carboxylic acids is 1. The van der Waals surface area contributed by atoms with Gasteiger partial charge in [0.05, 0.1) is 14.2 Å². The summed E-state index contributed by atoms with van der Waals surface area (Å²) in [7, 11) is -0.795. The van der Waals surface area contributed by atoms with E-state index in [1.165, 1.54) is 19.2 Å². The number of carbonyl (C=O) groups is 1. The molecule has 1 amide bonds. The van der Waals surface area contributed by atoms with Gasteiger partial charge in [0.2, 0.25) is 10.0 Å². The Labute approximate surface area is 177 Å². The highest BCUT2D eigenvalue weighted by Crippen LogP contribution is 2.27. The zero-order chi connectivity index (χ0) is 21.6. The van der Waals surface area contributed by atoms with Crippen LogP contribution in [0.25, 0.3) is 0 Å². The van der Waals surface area contributed by atoms with E-state index in [4.69, 9.17) is 9.47 Å². The maximum atomic E-state index is 13.0. The third-order valence-corrected chi connectivity index (χ3v) is 6.80. The van der Waals surface area contributed by atoms with E-state index in [9.17, 15) is 13.2 Å². The van der Waals surface area contributed by atoms with E-state index < -0.39 is 10.0 Å². The van der Waals surface area contributed by atoms with Crippen molar-refractivity contribution < 1.29 is 22.7 Å². The van der Waals surface area contributed by atoms with Gasteiger partial charge in [0.1, 0.15) is 16.4 Å². The normalized spacial score (nSPS) is 14.9. The van der Waals surface area contributed by atoms with Gasteiger partial charge in [-0.25, -0.2) is 13.1 Å². The minimum Gasteiger partial charge on any atom is -0.497 e. The van der Waals surface area contributed by atoms with Gasteiger partial charge in [0.15, 0.2) is 0 Å². The molecule has 3 rings (SSSR count). The molecule has 0 atom stereocenters. The number of rotatable bonds is 8. The van der Waals surface area contributed by atoms with Crippen molar-refractivity contribution in [2.75, 3.05) is 14.2 Å². The lowest BCUT2D eigenvalue weighted by atomic mass is 9.96. The Morgan fingerprint density at radius 1 is 1.00 bits per heavy atom. The molecule has 1 saturated carbocycles. The smallest absolute Gasteiger partial charge is 0.251 e. The van der Waals surface area contributed by atoms with Gasteiger partial charge in [-0.1, -0.05) is 31.4 Å². The fraction of sp³-hybridized carbons (Fsp3) is 0.409. The van der Waals surface area contributed by atoms with Crippen LogP contribution in [0.2, 0.25) is 0 Å². The van der Waals surface area contributed by atoms with Gasteiger partial charge in [-0.3, -0.25) is 4.79 Å². The number of amides is 1. The summed E-state index contributed by atoms with van der Waals surface area (Å²) in [6.07, 6.45) is 4.80. The molecule has 0 unspecified atom stereocenters. The van der Waals surface area contributed by atoms with E-state index in [-0.39, 0.29) is 28.2 Å². The molecule has 0 bridgehead atoms. The second-order valence-electron chi connectivity index (χ2n) is 7.35. The highest BCUT2D eigenvalue weighted by molar-refractivity contribution is 7.89. The molecule has 1 fully saturated rings. The molecule has 30 heavy (non-hydrogen) atoms. The molecule has 1 aliphatic rings. The Hall–Kier alpha value is -2.58. The molecular weight excluding hydrogens is 404 g/mol. The zero-order valence-electron chi connectivity index (χ0n) is 17.3. The van der Waals surface area contributed by atoms with Crippen molar-refractivity contribution >= 4 is 15.9 Å². The average Bonchev–Trinajstić information content (AvgIpc) is 2.77. The maximum Gasteiger partial charge on any atom is 0.251 e. The van der Waals surface area contributed by atoms with Gasteiger partial charge >= 0.3 is 0 Å². The van der Waals surface area contributed by atoms with Crippen molar-refractivity contribution in [3.05, 3.63) is 53.6 Å². The summed E-state index contributed by atoms with van der Waals surface area (Å²) < 4.78 is 39.1. The van der Waals surface area contributed by atoms with E-state index in [1.807, 2.05) is 24.3 Å². The molecule has 2 aromatic carbocycles.